The Kier molecular flexibility index (Phi) is 3.93. The molecule has 0 saturated carbocycles. The largest absolute Gasteiger partial charge is 0.396 e. The van der Waals surface area contributed by atoms with E-state index in [2.05, 4.69) is 37.6 Å². The molecule has 3 heteroatoms. The Morgan fingerprint density at radius 1 is 1.21 bits per heavy atom. The summed E-state index contributed by atoms with van der Waals surface area (Å²) in [4.78, 5) is 4.78. The molecule has 3 nitrogen and oxygen atoms in total. The van der Waals surface area contributed by atoms with Gasteiger partial charge in [0, 0.05) is 44.2 Å². The third-order valence-corrected chi connectivity index (χ3v) is 3.01. The molecule has 0 spiro atoms. The maximum absolute atomic E-state index is 9.26. The van der Waals surface area contributed by atoms with Gasteiger partial charge in [-0.15, -0.1) is 0 Å². The van der Waals surface area contributed by atoms with Gasteiger partial charge in [0.15, 0.2) is 0 Å². The highest BCUT2D eigenvalue weighted by molar-refractivity contribution is 4.82. The molecule has 1 rings (SSSR count). The van der Waals surface area contributed by atoms with Gasteiger partial charge in [0.2, 0.25) is 0 Å². The van der Waals surface area contributed by atoms with Gasteiger partial charge >= 0.3 is 0 Å². The van der Waals surface area contributed by atoms with Crippen molar-refractivity contribution in [2.45, 2.75) is 26.3 Å². The van der Waals surface area contributed by atoms with Gasteiger partial charge in [-0.1, -0.05) is 0 Å². The number of aliphatic hydroxyl groups excluding tert-OH is 1. The van der Waals surface area contributed by atoms with Crippen molar-refractivity contribution in [3.05, 3.63) is 0 Å². The van der Waals surface area contributed by atoms with E-state index in [0.717, 1.165) is 26.2 Å². The number of hydrogen-bond acceptors (Lipinski definition) is 3. The van der Waals surface area contributed by atoms with E-state index in [1.807, 2.05) is 0 Å². The second-order valence-electron chi connectivity index (χ2n) is 5.43. The smallest absolute Gasteiger partial charge is 0.0483 e. The Labute approximate surface area is 87.7 Å². The zero-order chi connectivity index (χ0) is 10.8. The molecule has 0 aliphatic carbocycles. The molecule has 1 saturated heterocycles. The van der Waals surface area contributed by atoms with Crippen LogP contribution in [0.3, 0.4) is 0 Å². The fraction of sp³-hybridized carbons (Fsp3) is 1.00. The fourth-order valence-electron chi connectivity index (χ4n) is 2.01. The average molecular weight is 200 g/mol. The van der Waals surface area contributed by atoms with E-state index in [0.29, 0.717) is 12.5 Å². The SMILES string of the molecule is CN1CCN(C(C)(C)C)CC(CO)C1. The topological polar surface area (TPSA) is 26.7 Å². The first-order chi connectivity index (χ1) is 6.43. The van der Waals surface area contributed by atoms with Gasteiger partial charge in [-0.2, -0.15) is 0 Å². The van der Waals surface area contributed by atoms with Crippen molar-refractivity contribution in [3.8, 4) is 0 Å². The van der Waals surface area contributed by atoms with Crippen molar-refractivity contribution in [3.63, 3.8) is 0 Å². The van der Waals surface area contributed by atoms with Crippen molar-refractivity contribution in [1.82, 2.24) is 9.80 Å². The lowest BCUT2D eigenvalue weighted by Gasteiger charge is -2.35. The molecule has 0 radical (unpaired) electrons. The van der Waals surface area contributed by atoms with Gasteiger partial charge in [-0.3, -0.25) is 4.90 Å². The molecule has 0 bridgehead atoms. The summed E-state index contributed by atoms with van der Waals surface area (Å²) >= 11 is 0. The third kappa shape index (κ3) is 3.23. The molecule has 0 aromatic rings. The zero-order valence-electron chi connectivity index (χ0n) is 9.95. The average Bonchev–Trinajstić information content (AvgIpc) is 2.25. The quantitative estimate of drug-likeness (QED) is 0.673. The van der Waals surface area contributed by atoms with Crippen molar-refractivity contribution in [2.24, 2.45) is 5.92 Å². The molecule has 84 valence electrons. The predicted molar refractivity (Wildman–Crippen MR) is 59.4 cm³/mol. The van der Waals surface area contributed by atoms with Gasteiger partial charge in [-0.05, 0) is 27.8 Å². The van der Waals surface area contributed by atoms with Crippen LogP contribution in [0.2, 0.25) is 0 Å². The highest BCUT2D eigenvalue weighted by atomic mass is 16.3. The van der Waals surface area contributed by atoms with Gasteiger partial charge < -0.3 is 10.0 Å². The molecule has 1 aliphatic heterocycles. The Bertz CT molecular complexity index is 177. The highest BCUT2D eigenvalue weighted by Gasteiger charge is 2.27. The summed E-state index contributed by atoms with van der Waals surface area (Å²) < 4.78 is 0. The summed E-state index contributed by atoms with van der Waals surface area (Å²) in [6.07, 6.45) is 0. The lowest BCUT2D eigenvalue weighted by Crippen LogP contribution is -2.45. The Morgan fingerprint density at radius 3 is 2.36 bits per heavy atom. The van der Waals surface area contributed by atoms with Crippen molar-refractivity contribution in [2.75, 3.05) is 39.8 Å². The van der Waals surface area contributed by atoms with Crippen LogP contribution in [0.1, 0.15) is 20.8 Å². The minimum atomic E-state index is 0.221. The number of hydrogen-bond donors (Lipinski definition) is 1. The summed E-state index contributed by atoms with van der Waals surface area (Å²) in [6, 6.07) is 0. The summed E-state index contributed by atoms with van der Waals surface area (Å²) in [7, 11) is 2.13. The number of rotatable bonds is 1. The Balaban J connectivity index is 2.62. The lowest BCUT2D eigenvalue weighted by atomic mass is 10.0. The molecule has 14 heavy (non-hydrogen) atoms. The minimum absolute atomic E-state index is 0.221. The zero-order valence-corrected chi connectivity index (χ0v) is 9.95. The number of likely N-dealkylation sites (N-methyl/N-ethyl adjacent to an activating group) is 1. The monoisotopic (exact) mass is 200 g/mol. The van der Waals surface area contributed by atoms with Crippen LogP contribution in [0.15, 0.2) is 0 Å². The van der Waals surface area contributed by atoms with E-state index in [1.165, 1.54) is 0 Å². The molecule has 0 amide bonds. The summed E-state index contributed by atoms with van der Waals surface area (Å²) in [5.74, 6) is 0.404. The number of aliphatic hydroxyl groups is 1. The van der Waals surface area contributed by atoms with Crippen molar-refractivity contribution < 1.29 is 5.11 Å². The molecule has 1 fully saturated rings. The summed E-state index contributed by atoms with van der Waals surface area (Å²) in [5.41, 5.74) is 0.221. The maximum Gasteiger partial charge on any atom is 0.0483 e. The Morgan fingerprint density at radius 2 is 1.86 bits per heavy atom. The lowest BCUT2D eigenvalue weighted by molar-refractivity contribution is 0.108. The standard InChI is InChI=1S/C11H24N2O/c1-11(2,3)13-6-5-12(4)7-10(8-13)9-14/h10,14H,5-9H2,1-4H3. The van der Waals surface area contributed by atoms with Crippen LogP contribution in [0, 0.1) is 5.92 Å². The first-order valence-corrected chi connectivity index (χ1v) is 5.48. The maximum atomic E-state index is 9.26. The minimum Gasteiger partial charge on any atom is -0.396 e. The summed E-state index contributed by atoms with van der Waals surface area (Å²) in [6.45, 7) is 11.3. The van der Waals surface area contributed by atoms with Gasteiger partial charge in [0.1, 0.15) is 0 Å². The molecular formula is C11H24N2O. The molecule has 1 aliphatic rings. The van der Waals surface area contributed by atoms with E-state index in [-0.39, 0.29) is 5.54 Å². The number of nitrogens with zero attached hydrogens (tertiary/aromatic N) is 2. The second kappa shape index (κ2) is 4.60. The molecule has 1 unspecified atom stereocenters. The molecule has 0 aromatic carbocycles. The van der Waals surface area contributed by atoms with Crippen LogP contribution in [-0.2, 0) is 0 Å². The predicted octanol–water partition coefficient (Wildman–Crippen LogP) is 0.641. The van der Waals surface area contributed by atoms with Crippen LogP contribution in [-0.4, -0.2) is 60.3 Å². The first-order valence-electron chi connectivity index (χ1n) is 5.48. The van der Waals surface area contributed by atoms with Crippen LogP contribution >= 0.6 is 0 Å². The van der Waals surface area contributed by atoms with Crippen LogP contribution in [0.4, 0.5) is 0 Å². The van der Waals surface area contributed by atoms with E-state index in [4.69, 9.17) is 0 Å². The Hall–Kier alpha value is -0.120. The van der Waals surface area contributed by atoms with Gasteiger partial charge in [0.25, 0.3) is 0 Å². The van der Waals surface area contributed by atoms with E-state index in [9.17, 15) is 5.11 Å². The van der Waals surface area contributed by atoms with E-state index in [1.54, 1.807) is 0 Å². The van der Waals surface area contributed by atoms with Crippen LogP contribution in [0.25, 0.3) is 0 Å². The molecular weight excluding hydrogens is 176 g/mol. The normalized spacial score (nSPS) is 27.6. The van der Waals surface area contributed by atoms with E-state index >= 15 is 0 Å². The fourth-order valence-corrected chi connectivity index (χ4v) is 2.01. The van der Waals surface area contributed by atoms with Crippen molar-refractivity contribution in [1.29, 1.82) is 0 Å². The van der Waals surface area contributed by atoms with Gasteiger partial charge in [-0.25, -0.2) is 0 Å². The van der Waals surface area contributed by atoms with Crippen LogP contribution in [0.5, 0.6) is 0 Å². The second-order valence-corrected chi connectivity index (χ2v) is 5.43. The first kappa shape index (κ1) is 12.0. The molecule has 1 heterocycles. The highest BCUT2D eigenvalue weighted by Crippen LogP contribution is 2.18. The molecule has 1 N–H and O–H groups in total. The van der Waals surface area contributed by atoms with E-state index < -0.39 is 0 Å². The third-order valence-electron chi connectivity index (χ3n) is 3.01. The van der Waals surface area contributed by atoms with Crippen LogP contribution < -0.4 is 0 Å². The summed E-state index contributed by atoms with van der Waals surface area (Å²) in [5, 5.41) is 9.26. The van der Waals surface area contributed by atoms with Crippen molar-refractivity contribution >= 4 is 0 Å². The molecule has 1 atom stereocenters. The molecule has 0 aromatic heterocycles. The van der Waals surface area contributed by atoms with Gasteiger partial charge in [0.05, 0.1) is 0 Å².